The van der Waals surface area contributed by atoms with Gasteiger partial charge in [0.1, 0.15) is 23.8 Å². The van der Waals surface area contributed by atoms with E-state index < -0.39 is 5.97 Å². The summed E-state index contributed by atoms with van der Waals surface area (Å²) in [5.41, 5.74) is 3.71. The number of carbonyl (C=O) groups is 2. The second-order valence-corrected chi connectivity index (χ2v) is 8.62. The SMILES string of the molecule is COc1ccc(COC(=O)c2ccc3nc(-c4ccc(O)c(C=O)c4)c(N(C)C(C)C)nc3c2)cc1. The fraction of sp³-hybridized carbons (Fsp3) is 0.214. The summed E-state index contributed by atoms with van der Waals surface area (Å²) in [7, 11) is 3.50. The highest BCUT2D eigenvalue weighted by Crippen LogP contribution is 2.32. The summed E-state index contributed by atoms with van der Waals surface area (Å²) >= 11 is 0. The van der Waals surface area contributed by atoms with E-state index in [4.69, 9.17) is 19.4 Å². The number of aromatic nitrogens is 2. The average molecular weight is 486 g/mol. The Kier molecular flexibility index (Phi) is 7.15. The van der Waals surface area contributed by atoms with E-state index in [0.717, 1.165) is 11.3 Å². The van der Waals surface area contributed by atoms with Crippen molar-refractivity contribution in [3.05, 3.63) is 77.4 Å². The van der Waals surface area contributed by atoms with E-state index in [1.165, 1.54) is 6.07 Å². The number of anilines is 1. The van der Waals surface area contributed by atoms with Gasteiger partial charge >= 0.3 is 5.97 Å². The normalized spacial score (nSPS) is 10.9. The van der Waals surface area contributed by atoms with Crippen molar-refractivity contribution in [1.82, 2.24) is 9.97 Å². The van der Waals surface area contributed by atoms with Gasteiger partial charge in [0.15, 0.2) is 12.1 Å². The molecule has 0 aliphatic heterocycles. The molecule has 36 heavy (non-hydrogen) atoms. The zero-order chi connectivity index (χ0) is 25.8. The van der Waals surface area contributed by atoms with Crippen LogP contribution in [0.2, 0.25) is 0 Å². The molecule has 0 radical (unpaired) electrons. The van der Waals surface area contributed by atoms with E-state index in [1.807, 2.05) is 50.1 Å². The third kappa shape index (κ3) is 5.12. The smallest absolute Gasteiger partial charge is 0.338 e. The molecule has 0 fully saturated rings. The molecule has 4 aromatic rings. The topological polar surface area (TPSA) is 102 Å². The zero-order valence-electron chi connectivity index (χ0n) is 20.6. The van der Waals surface area contributed by atoms with Crippen molar-refractivity contribution >= 4 is 29.1 Å². The summed E-state index contributed by atoms with van der Waals surface area (Å²) in [6.45, 7) is 4.18. The number of rotatable bonds is 8. The number of carbonyl (C=O) groups excluding carboxylic acids is 2. The number of aromatic hydroxyl groups is 1. The third-order valence-electron chi connectivity index (χ3n) is 5.95. The lowest BCUT2D eigenvalue weighted by Crippen LogP contribution is -2.27. The van der Waals surface area contributed by atoms with Crippen LogP contribution < -0.4 is 9.64 Å². The summed E-state index contributed by atoms with van der Waals surface area (Å²) in [5, 5.41) is 9.92. The summed E-state index contributed by atoms with van der Waals surface area (Å²) in [6.07, 6.45) is 0.600. The average Bonchev–Trinajstić information content (AvgIpc) is 2.90. The lowest BCUT2D eigenvalue weighted by atomic mass is 10.1. The highest BCUT2D eigenvalue weighted by atomic mass is 16.5. The van der Waals surface area contributed by atoms with Crippen molar-refractivity contribution in [1.29, 1.82) is 0 Å². The van der Waals surface area contributed by atoms with Gasteiger partial charge in [-0.15, -0.1) is 0 Å². The molecule has 8 nitrogen and oxygen atoms in total. The number of phenolic OH excluding ortho intramolecular Hbond substituents is 1. The first-order valence-electron chi connectivity index (χ1n) is 11.4. The number of benzene rings is 3. The van der Waals surface area contributed by atoms with Crippen LogP contribution in [0.1, 0.15) is 40.1 Å². The molecule has 3 aromatic carbocycles. The van der Waals surface area contributed by atoms with Crippen LogP contribution in [-0.2, 0) is 11.3 Å². The lowest BCUT2D eigenvalue weighted by molar-refractivity contribution is 0.0472. The van der Waals surface area contributed by atoms with Crippen LogP contribution in [0.4, 0.5) is 5.82 Å². The van der Waals surface area contributed by atoms with Gasteiger partial charge in [-0.2, -0.15) is 0 Å². The summed E-state index contributed by atoms with van der Waals surface area (Å²) in [4.78, 5) is 35.7. The number of phenols is 1. The van der Waals surface area contributed by atoms with Crippen LogP contribution in [0.3, 0.4) is 0 Å². The van der Waals surface area contributed by atoms with Gasteiger partial charge in [0, 0.05) is 18.7 Å². The Balaban J connectivity index is 1.68. The number of hydrogen-bond acceptors (Lipinski definition) is 8. The molecule has 1 aromatic heterocycles. The maximum Gasteiger partial charge on any atom is 0.338 e. The highest BCUT2D eigenvalue weighted by molar-refractivity contribution is 5.95. The highest BCUT2D eigenvalue weighted by Gasteiger charge is 2.19. The molecule has 0 aliphatic rings. The van der Waals surface area contributed by atoms with Crippen molar-refractivity contribution < 1.29 is 24.2 Å². The lowest BCUT2D eigenvalue weighted by Gasteiger charge is -2.25. The molecule has 1 heterocycles. The van der Waals surface area contributed by atoms with Gasteiger partial charge in [-0.3, -0.25) is 4.79 Å². The zero-order valence-corrected chi connectivity index (χ0v) is 20.6. The first-order chi connectivity index (χ1) is 17.3. The fourth-order valence-electron chi connectivity index (χ4n) is 3.61. The standard InChI is InChI=1S/C28H27N3O5/c1-17(2)31(3)27-26(19-8-12-25(33)21(13-19)15-32)29-23-11-7-20(14-24(23)30-27)28(34)36-16-18-5-9-22(35-4)10-6-18/h5-15,17,33H,16H2,1-4H3. The van der Waals surface area contributed by atoms with Gasteiger partial charge in [0.2, 0.25) is 0 Å². The molecule has 1 N–H and O–H groups in total. The van der Waals surface area contributed by atoms with Crippen molar-refractivity contribution in [2.45, 2.75) is 26.5 Å². The predicted octanol–water partition coefficient (Wildman–Crippen LogP) is 5.03. The Hall–Kier alpha value is -4.46. The fourth-order valence-corrected chi connectivity index (χ4v) is 3.61. The molecule has 0 unspecified atom stereocenters. The quantitative estimate of drug-likeness (QED) is 0.274. The van der Waals surface area contributed by atoms with Crippen molar-refractivity contribution in [2.24, 2.45) is 0 Å². The van der Waals surface area contributed by atoms with Crippen LogP contribution in [-0.4, -0.2) is 47.5 Å². The Labute approximate surface area is 209 Å². The van der Waals surface area contributed by atoms with E-state index in [9.17, 15) is 14.7 Å². The second kappa shape index (κ2) is 10.4. The molecule has 8 heteroatoms. The molecule has 0 bridgehead atoms. The minimum Gasteiger partial charge on any atom is -0.507 e. The molecule has 0 amide bonds. The number of nitrogens with zero attached hydrogens (tertiary/aromatic N) is 3. The van der Waals surface area contributed by atoms with Crippen LogP contribution in [0.25, 0.3) is 22.3 Å². The molecule has 184 valence electrons. The molecular formula is C28H27N3O5. The summed E-state index contributed by atoms with van der Waals surface area (Å²) in [5.74, 6) is 0.753. The monoisotopic (exact) mass is 485 g/mol. The molecule has 0 saturated carbocycles. The van der Waals surface area contributed by atoms with Crippen molar-refractivity contribution in [2.75, 3.05) is 19.1 Å². The van der Waals surface area contributed by atoms with E-state index in [0.29, 0.717) is 40.0 Å². The van der Waals surface area contributed by atoms with Crippen LogP contribution in [0, 0.1) is 0 Å². The minimum atomic E-state index is -0.466. The number of fused-ring (bicyclic) bond motifs is 1. The Morgan fingerprint density at radius 3 is 2.44 bits per heavy atom. The Morgan fingerprint density at radius 2 is 1.78 bits per heavy atom. The van der Waals surface area contributed by atoms with E-state index in [2.05, 4.69) is 0 Å². The van der Waals surface area contributed by atoms with Gasteiger partial charge in [0.05, 0.1) is 29.3 Å². The predicted molar refractivity (Wildman–Crippen MR) is 138 cm³/mol. The number of methoxy groups -OCH3 is 1. The minimum absolute atomic E-state index is 0.0981. The molecule has 0 aliphatic carbocycles. The molecule has 0 atom stereocenters. The van der Waals surface area contributed by atoms with Gasteiger partial charge in [-0.1, -0.05) is 12.1 Å². The molecule has 4 rings (SSSR count). The first-order valence-corrected chi connectivity index (χ1v) is 11.4. The van der Waals surface area contributed by atoms with E-state index in [1.54, 1.807) is 37.4 Å². The number of ether oxygens (including phenoxy) is 2. The maximum atomic E-state index is 12.7. The van der Waals surface area contributed by atoms with Gasteiger partial charge in [0.25, 0.3) is 0 Å². The Bertz CT molecular complexity index is 1420. The van der Waals surface area contributed by atoms with Gasteiger partial charge in [-0.25, -0.2) is 14.8 Å². The second-order valence-electron chi connectivity index (χ2n) is 8.62. The van der Waals surface area contributed by atoms with Gasteiger partial charge < -0.3 is 19.5 Å². The van der Waals surface area contributed by atoms with Crippen LogP contribution in [0.5, 0.6) is 11.5 Å². The largest absolute Gasteiger partial charge is 0.507 e. The maximum absolute atomic E-state index is 12.7. The third-order valence-corrected chi connectivity index (χ3v) is 5.95. The first kappa shape index (κ1) is 24.7. The molecule has 0 spiro atoms. The number of hydrogen-bond donors (Lipinski definition) is 1. The summed E-state index contributed by atoms with van der Waals surface area (Å²) < 4.78 is 10.6. The van der Waals surface area contributed by atoms with Crippen LogP contribution >= 0.6 is 0 Å². The van der Waals surface area contributed by atoms with Crippen molar-refractivity contribution in [3.8, 4) is 22.8 Å². The van der Waals surface area contributed by atoms with E-state index >= 15 is 0 Å². The number of aldehydes is 1. The molecule has 0 saturated heterocycles. The van der Waals surface area contributed by atoms with Crippen molar-refractivity contribution in [3.63, 3.8) is 0 Å². The summed E-state index contributed by atoms with van der Waals surface area (Å²) in [6, 6.07) is 17.2. The van der Waals surface area contributed by atoms with E-state index in [-0.39, 0.29) is 24.0 Å². The van der Waals surface area contributed by atoms with Gasteiger partial charge in [-0.05, 0) is 67.9 Å². The Morgan fingerprint density at radius 1 is 1.03 bits per heavy atom. The number of esters is 1. The van der Waals surface area contributed by atoms with Crippen LogP contribution in [0.15, 0.2) is 60.7 Å². The molecular weight excluding hydrogens is 458 g/mol.